The van der Waals surface area contributed by atoms with Gasteiger partial charge in [0.15, 0.2) is 5.75 Å². The summed E-state index contributed by atoms with van der Waals surface area (Å²) in [6, 6.07) is 5.50. The summed E-state index contributed by atoms with van der Waals surface area (Å²) in [4.78, 5) is 8.13. The lowest BCUT2D eigenvalue weighted by atomic mass is 10.1. The van der Waals surface area contributed by atoms with Crippen LogP contribution in [0.25, 0.3) is 11.6 Å². The van der Waals surface area contributed by atoms with Crippen LogP contribution in [0.15, 0.2) is 24.5 Å². The molecule has 6 nitrogen and oxygen atoms in total. The number of pyridine rings is 2. The third-order valence-corrected chi connectivity index (χ3v) is 5.05. The molecule has 0 aromatic carbocycles. The van der Waals surface area contributed by atoms with Gasteiger partial charge in [0.25, 0.3) is 5.88 Å². The molecule has 2 aromatic rings. The zero-order valence-electron chi connectivity index (χ0n) is 14.5. The molecule has 0 saturated heterocycles. The lowest BCUT2D eigenvalue weighted by Gasteiger charge is -2.16. The summed E-state index contributed by atoms with van der Waals surface area (Å²) in [5.74, 6) is 0.747. The first-order chi connectivity index (χ1) is 13.0. The maximum absolute atomic E-state index is 9.69. The zero-order chi connectivity index (χ0) is 19.4. The van der Waals surface area contributed by atoms with Gasteiger partial charge in [-0.2, -0.15) is 5.26 Å². The number of halogens is 2. The summed E-state index contributed by atoms with van der Waals surface area (Å²) in [6.45, 7) is 0. The number of ether oxygens (including phenoxy) is 2. The number of nitrogens with zero attached hydrogens (tertiary/aromatic N) is 3. The van der Waals surface area contributed by atoms with Crippen molar-refractivity contribution in [1.82, 2.24) is 9.97 Å². The van der Waals surface area contributed by atoms with Gasteiger partial charge >= 0.3 is 0 Å². The van der Waals surface area contributed by atoms with Crippen LogP contribution in [-0.4, -0.2) is 34.4 Å². The average Bonchev–Trinajstić information content (AvgIpc) is 3.07. The van der Waals surface area contributed by atoms with Gasteiger partial charge in [-0.25, -0.2) is 9.97 Å². The fourth-order valence-corrected chi connectivity index (χ4v) is 3.23. The topological polar surface area (TPSA) is 88.3 Å². The van der Waals surface area contributed by atoms with Crippen molar-refractivity contribution in [3.63, 3.8) is 0 Å². The summed E-state index contributed by atoms with van der Waals surface area (Å²) in [7, 11) is 1.50. The van der Waals surface area contributed by atoms with E-state index in [1.807, 2.05) is 0 Å². The molecule has 0 spiro atoms. The van der Waals surface area contributed by atoms with Gasteiger partial charge in [0.05, 0.1) is 29.9 Å². The van der Waals surface area contributed by atoms with Crippen molar-refractivity contribution < 1.29 is 14.6 Å². The lowest BCUT2D eigenvalue weighted by Crippen LogP contribution is -2.14. The molecule has 2 heterocycles. The van der Waals surface area contributed by atoms with Crippen molar-refractivity contribution in [2.75, 3.05) is 7.11 Å². The number of aliphatic hydroxyl groups is 1. The Morgan fingerprint density at radius 3 is 2.85 bits per heavy atom. The van der Waals surface area contributed by atoms with Crippen molar-refractivity contribution in [2.24, 2.45) is 0 Å². The van der Waals surface area contributed by atoms with Gasteiger partial charge in [-0.15, -0.1) is 0 Å². The number of hydrogen-bond acceptors (Lipinski definition) is 6. The maximum Gasteiger partial charge on any atom is 0.256 e. The van der Waals surface area contributed by atoms with Gasteiger partial charge in [0.1, 0.15) is 11.3 Å². The molecule has 140 valence electrons. The number of aliphatic hydroxyl groups excluding tert-OH is 1. The molecule has 8 heteroatoms. The SMILES string of the molecule is COc1ncc(/C(C#N)=C/c2ccnc(Cl)c2Cl)cc1OC1CCC(O)C1. The predicted octanol–water partition coefficient (Wildman–Crippen LogP) is 4.15. The second-order valence-electron chi connectivity index (χ2n) is 6.11. The Balaban J connectivity index is 1.95. The summed E-state index contributed by atoms with van der Waals surface area (Å²) < 4.78 is 11.2. The molecule has 27 heavy (non-hydrogen) atoms. The smallest absolute Gasteiger partial charge is 0.256 e. The Labute approximate surface area is 167 Å². The molecule has 0 aliphatic heterocycles. The largest absolute Gasteiger partial charge is 0.485 e. The van der Waals surface area contributed by atoms with Crippen molar-refractivity contribution in [3.8, 4) is 17.7 Å². The molecule has 1 saturated carbocycles. The lowest BCUT2D eigenvalue weighted by molar-refractivity contribution is 0.146. The van der Waals surface area contributed by atoms with Crippen LogP contribution >= 0.6 is 23.2 Å². The zero-order valence-corrected chi connectivity index (χ0v) is 16.0. The summed E-state index contributed by atoms with van der Waals surface area (Å²) in [5, 5.41) is 19.7. The minimum absolute atomic E-state index is 0.117. The van der Waals surface area contributed by atoms with Crippen LogP contribution in [-0.2, 0) is 0 Å². The van der Waals surface area contributed by atoms with Crippen LogP contribution in [0.5, 0.6) is 11.6 Å². The van der Waals surface area contributed by atoms with Gasteiger partial charge in [0, 0.05) is 24.4 Å². The number of allylic oxidation sites excluding steroid dienone is 1. The Kier molecular flexibility index (Phi) is 6.17. The van der Waals surface area contributed by atoms with Crippen molar-refractivity contribution in [3.05, 3.63) is 45.8 Å². The quantitative estimate of drug-likeness (QED) is 0.593. The highest BCUT2D eigenvalue weighted by molar-refractivity contribution is 6.42. The summed E-state index contributed by atoms with van der Waals surface area (Å²) in [6.07, 6.45) is 6.19. The van der Waals surface area contributed by atoms with E-state index in [4.69, 9.17) is 32.7 Å². The molecular formula is C19H17Cl2N3O3. The van der Waals surface area contributed by atoms with E-state index in [9.17, 15) is 10.4 Å². The summed E-state index contributed by atoms with van der Waals surface area (Å²) in [5.41, 5.74) is 1.46. The number of aromatic nitrogens is 2. The highest BCUT2D eigenvalue weighted by Crippen LogP contribution is 2.33. The van der Waals surface area contributed by atoms with Crippen LogP contribution in [0.4, 0.5) is 0 Å². The van der Waals surface area contributed by atoms with E-state index in [2.05, 4.69) is 16.0 Å². The van der Waals surface area contributed by atoms with E-state index in [0.717, 1.165) is 6.42 Å². The van der Waals surface area contributed by atoms with Gasteiger partial charge in [-0.05, 0) is 36.6 Å². The van der Waals surface area contributed by atoms with E-state index in [1.54, 1.807) is 18.2 Å². The molecule has 1 fully saturated rings. The number of hydrogen-bond donors (Lipinski definition) is 1. The fraction of sp³-hybridized carbons (Fsp3) is 0.316. The van der Waals surface area contributed by atoms with Crippen LogP contribution < -0.4 is 9.47 Å². The van der Waals surface area contributed by atoms with Crippen LogP contribution in [0, 0.1) is 11.3 Å². The molecule has 0 bridgehead atoms. The first-order valence-corrected chi connectivity index (χ1v) is 9.08. The number of nitriles is 1. The predicted molar refractivity (Wildman–Crippen MR) is 103 cm³/mol. The number of rotatable bonds is 5. The molecule has 0 amide bonds. The minimum Gasteiger partial charge on any atom is -0.485 e. The Bertz CT molecular complexity index is 912. The van der Waals surface area contributed by atoms with E-state index in [1.165, 1.54) is 19.5 Å². The van der Waals surface area contributed by atoms with E-state index >= 15 is 0 Å². The molecule has 2 atom stereocenters. The standard InChI is InChI=1S/C19H17Cl2N3O3/c1-26-19-16(27-15-3-2-14(25)8-15)7-13(10-24-19)12(9-22)6-11-4-5-23-18(21)17(11)20/h4-7,10,14-15,25H,2-3,8H2,1H3/b12-6+. The first kappa shape index (κ1) is 19.4. The monoisotopic (exact) mass is 405 g/mol. The Hall–Kier alpha value is -2.33. The molecule has 3 rings (SSSR count). The normalized spacial score (nSPS) is 19.6. The minimum atomic E-state index is -0.356. The molecule has 2 aromatic heterocycles. The molecular weight excluding hydrogens is 389 g/mol. The van der Waals surface area contributed by atoms with Crippen LogP contribution in [0.3, 0.4) is 0 Å². The van der Waals surface area contributed by atoms with Gasteiger partial charge in [0.2, 0.25) is 0 Å². The Morgan fingerprint density at radius 1 is 1.37 bits per heavy atom. The molecule has 2 unspecified atom stereocenters. The first-order valence-electron chi connectivity index (χ1n) is 8.32. The molecule has 1 aliphatic carbocycles. The highest BCUT2D eigenvalue weighted by atomic mass is 35.5. The van der Waals surface area contributed by atoms with Crippen molar-refractivity contribution in [1.29, 1.82) is 5.26 Å². The van der Waals surface area contributed by atoms with E-state index in [0.29, 0.717) is 41.2 Å². The van der Waals surface area contributed by atoms with Crippen molar-refractivity contribution >= 4 is 34.9 Å². The Morgan fingerprint density at radius 2 is 2.19 bits per heavy atom. The van der Waals surface area contributed by atoms with Crippen LogP contribution in [0.2, 0.25) is 10.2 Å². The van der Waals surface area contributed by atoms with E-state index < -0.39 is 0 Å². The number of methoxy groups -OCH3 is 1. The molecule has 1 N–H and O–H groups in total. The summed E-state index contributed by atoms with van der Waals surface area (Å²) >= 11 is 12.1. The van der Waals surface area contributed by atoms with Gasteiger partial charge in [-0.3, -0.25) is 0 Å². The molecule has 1 aliphatic rings. The third kappa shape index (κ3) is 4.51. The van der Waals surface area contributed by atoms with Crippen molar-refractivity contribution in [2.45, 2.75) is 31.5 Å². The second kappa shape index (κ2) is 8.57. The van der Waals surface area contributed by atoms with Gasteiger partial charge < -0.3 is 14.6 Å². The maximum atomic E-state index is 9.69. The van der Waals surface area contributed by atoms with Crippen LogP contribution in [0.1, 0.15) is 30.4 Å². The van der Waals surface area contributed by atoms with E-state index in [-0.39, 0.29) is 22.4 Å². The fourth-order valence-electron chi connectivity index (χ4n) is 2.90. The average molecular weight is 406 g/mol. The second-order valence-corrected chi connectivity index (χ2v) is 6.85. The molecule has 0 radical (unpaired) electrons. The van der Waals surface area contributed by atoms with Gasteiger partial charge in [-0.1, -0.05) is 23.2 Å². The third-order valence-electron chi connectivity index (χ3n) is 4.27. The highest BCUT2D eigenvalue weighted by Gasteiger charge is 2.25.